The molecule has 28 heavy (non-hydrogen) atoms. The van der Waals surface area contributed by atoms with Crippen LogP contribution in [0.15, 0.2) is 35.1 Å². The first kappa shape index (κ1) is 19.9. The summed E-state index contributed by atoms with van der Waals surface area (Å²) in [6.45, 7) is 12.5. The predicted molar refractivity (Wildman–Crippen MR) is 111 cm³/mol. The maximum absolute atomic E-state index is 12.7. The smallest absolute Gasteiger partial charge is 0.322 e. The van der Waals surface area contributed by atoms with Gasteiger partial charge in [0.25, 0.3) is 0 Å². The highest BCUT2D eigenvalue weighted by molar-refractivity contribution is 9.10. The number of methoxy groups -OCH3 is 1. The Kier molecular flexibility index (Phi) is 5.99. The van der Waals surface area contributed by atoms with Gasteiger partial charge in [-0.05, 0) is 26.0 Å². The molecular formula is C19H21BrN6O2. The molecule has 3 rings (SSSR count). The van der Waals surface area contributed by atoms with Crippen LogP contribution in [0.3, 0.4) is 0 Å². The standard InChI is InChI=1S/C19H21BrN6O2/c1-12-11-26(19(27)24-14-8-22-18(28-4)23-9-14)13(2)10-25(12)15-5-6-17(21-3)16(20)7-15/h5-9,12-13H,10-11H2,1-2,4H3,(H,24,27)/t12-,13+/m0/s1. The number of anilines is 2. The Balaban J connectivity index is 1.69. The number of hydrogen-bond donors (Lipinski definition) is 1. The molecule has 0 radical (unpaired) electrons. The molecule has 2 aromatic rings. The van der Waals surface area contributed by atoms with E-state index in [9.17, 15) is 4.79 Å². The first-order chi connectivity index (χ1) is 13.4. The molecule has 9 heteroatoms. The predicted octanol–water partition coefficient (Wildman–Crippen LogP) is 3.93. The van der Waals surface area contributed by atoms with Crippen molar-refractivity contribution in [1.29, 1.82) is 0 Å². The largest absolute Gasteiger partial charge is 0.467 e. The fourth-order valence-electron chi connectivity index (χ4n) is 3.22. The van der Waals surface area contributed by atoms with E-state index in [1.165, 1.54) is 19.5 Å². The van der Waals surface area contributed by atoms with Gasteiger partial charge in [-0.3, -0.25) is 0 Å². The fraction of sp³-hybridized carbons (Fsp3) is 0.368. The van der Waals surface area contributed by atoms with Gasteiger partial charge in [0.05, 0.1) is 31.8 Å². The minimum absolute atomic E-state index is 0.00896. The molecule has 0 saturated carbocycles. The number of piperazine rings is 1. The maximum Gasteiger partial charge on any atom is 0.322 e. The minimum atomic E-state index is -0.183. The van der Waals surface area contributed by atoms with Gasteiger partial charge in [0.15, 0.2) is 0 Å². The number of ether oxygens (including phenoxy) is 1. The second kappa shape index (κ2) is 8.44. The van der Waals surface area contributed by atoms with E-state index in [2.05, 4.69) is 47.9 Å². The lowest BCUT2D eigenvalue weighted by atomic mass is 10.1. The van der Waals surface area contributed by atoms with E-state index in [1.54, 1.807) is 0 Å². The summed E-state index contributed by atoms with van der Waals surface area (Å²) in [5, 5.41) is 2.84. The summed E-state index contributed by atoms with van der Waals surface area (Å²) >= 11 is 3.46. The number of benzene rings is 1. The Labute approximate surface area is 172 Å². The van der Waals surface area contributed by atoms with Gasteiger partial charge in [0.2, 0.25) is 5.69 Å². The Morgan fingerprint density at radius 2 is 2.00 bits per heavy atom. The van der Waals surface area contributed by atoms with E-state index in [4.69, 9.17) is 11.3 Å². The highest BCUT2D eigenvalue weighted by atomic mass is 79.9. The number of nitrogens with zero attached hydrogens (tertiary/aromatic N) is 5. The number of amides is 2. The molecule has 0 unspecified atom stereocenters. The number of halogens is 1. The summed E-state index contributed by atoms with van der Waals surface area (Å²) in [6, 6.07) is 5.93. The van der Waals surface area contributed by atoms with Gasteiger partial charge >= 0.3 is 12.0 Å². The van der Waals surface area contributed by atoms with Gasteiger partial charge in [-0.15, -0.1) is 0 Å². The van der Waals surface area contributed by atoms with Crippen LogP contribution in [0.5, 0.6) is 6.01 Å². The lowest BCUT2D eigenvalue weighted by Crippen LogP contribution is -2.59. The average Bonchev–Trinajstić information content (AvgIpc) is 2.69. The number of urea groups is 1. The summed E-state index contributed by atoms with van der Waals surface area (Å²) in [6.07, 6.45) is 3.04. The van der Waals surface area contributed by atoms with Gasteiger partial charge in [-0.1, -0.05) is 22.0 Å². The molecule has 2 atom stereocenters. The maximum atomic E-state index is 12.7. The summed E-state index contributed by atoms with van der Waals surface area (Å²) < 4.78 is 5.71. The van der Waals surface area contributed by atoms with E-state index in [0.29, 0.717) is 24.5 Å². The van der Waals surface area contributed by atoms with Crippen molar-refractivity contribution in [3.63, 3.8) is 0 Å². The van der Waals surface area contributed by atoms with Crippen molar-refractivity contribution in [1.82, 2.24) is 14.9 Å². The molecule has 2 heterocycles. The van der Waals surface area contributed by atoms with Gasteiger partial charge in [0.1, 0.15) is 0 Å². The molecule has 1 aromatic carbocycles. The van der Waals surface area contributed by atoms with Crippen LogP contribution < -0.4 is 15.0 Å². The molecule has 8 nitrogen and oxygen atoms in total. The van der Waals surface area contributed by atoms with Gasteiger partial charge in [-0.2, -0.15) is 0 Å². The zero-order valence-corrected chi connectivity index (χ0v) is 17.5. The second-order valence-corrected chi connectivity index (χ2v) is 7.49. The normalized spacial score (nSPS) is 19.1. The van der Waals surface area contributed by atoms with E-state index >= 15 is 0 Å². The molecule has 146 valence electrons. The van der Waals surface area contributed by atoms with Crippen molar-refractivity contribution in [2.45, 2.75) is 25.9 Å². The lowest BCUT2D eigenvalue weighted by molar-refractivity contribution is 0.173. The van der Waals surface area contributed by atoms with Gasteiger partial charge in [0, 0.05) is 35.3 Å². The monoisotopic (exact) mass is 444 g/mol. The number of hydrogen-bond acceptors (Lipinski definition) is 5. The van der Waals surface area contributed by atoms with Gasteiger partial charge in [-0.25, -0.2) is 19.6 Å². The quantitative estimate of drug-likeness (QED) is 0.725. The minimum Gasteiger partial charge on any atom is -0.467 e. The third kappa shape index (κ3) is 4.17. The van der Waals surface area contributed by atoms with Crippen molar-refractivity contribution in [3.8, 4) is 6.01 Å². The highest BCUT2D eigenvalue weighted by Gasteiger charge is 2.32. The van der Waals surface area contributed by atoms with Crippen LogP contribution in [0.1, 0.15) is 13.8 Å². The molecule has 1 saturated heterocycles. The molecule has 0 spiro atoms. The van der Waals surface area contributed by atoms with Crippen molar-refractivity contribution in [3.05, 3.63) is 46.5 Å². The Bertz CT molecular complexity index is 898. The Hall–Kier alpha value is -2.86. The zero-order chi connectivity index (χ0) is 20.3. The molecule has 2 amide bonds. The molecule has 1 fully saturated rings. The number of carbonyl (C=O) groups excluding carboxylic acids is 1. The lowest BCUT2D eigenvalue weighted by Gasteiger charge is -2.45. The molecule has 1 aromatic heterocycles. The molecular weight excluding hydrogens is 424 g/mol. The van der Waals surface area contributed by atoms with E-state index in [1.807, 2.05) is 30.0 Å². The van der Waals surface area contributed by atoms with Crippen molar-refractivity contribution < 1.29 is 9.53 Å². The van der Waals surface area contributed by atoms with Crippen molar-refractivity contribution in [2.75, 3.05) is 30.4 Å². The Morgan fingerprint density at radius 1 is 1.29 bits per heavy atom. The summed E-state index contributed by atoms with van der Waals surface area (Å²) in [7, 11) is 1.49. The molecule has 1 N–H and O–H groups in total. The molecule has 1 aliphatic rings. The number of rotatable bonds is 3. The first-order valence-electron chi connectivity index (χ1n) is 8.80. The van der Waals surface area contributed by atoms with Crippen molar-refractivity contribution in [2.24, 2.45) is 0 Å². The summed E-state index contributed by atoms with van der Waals surface area (Å²) in [5.74, 6) is 0. The third-order valence-corrected chi connectivity index (χ3v) is 5.33. The van der Waals surface area contributed by atoms with Crippen LogP contribution in [-0.2, 0) is 0 Å². The van der Waals surface area contributed by atoms with Crippen LogP contribution in [0.4, 0.5) is 21.9 Å². The van der Waals surface area contributed by atoms with Crippen LogP contribution in [0, 0.1) is 6.57 Å². The SMILES string of the molecule is [C-]#[N+]c1ccc(N2C[C@@H](C)N(C(=O)Nc3cnc(OC)nc3)C[C@@H]2C)cc1Br. The Morgan fingerprint density at radius 3 is 2.61 bits per heavy atom. The van der Waals surface area contributed by atoms with Crippen LogP contribution in [0.25, 0.3) is 4.85 Å². The number of carbonyl (C=O) groups is 1. The van der Waals surface area contributed by atoms with E-state index in [0.717, 1.165) is 10.2 Å². The zero-order valence-electron chi connectivity index (χ0n) is 15.9. The molecule has 0 aliphatic carbocycles. The van der Waals surface area contributed by atoms with E-state index < -0.39 is 0 Å². The van der Waals surface area contributed by atoms with Crippen LogP contribution >= 0.6 is 15.9 Å². The summed E-state index contributed by atoms with van der Waals surface area (Å²) in [4.78, 5) is 28.3. The average molecular weight is 445 g/mol. The topological polar surface area (TPSA) is 75.0 Å². The molecule has 1 aliphatic heterocycles. The van der Waals surface area contributed by atoms with E-state index in [-0.39, 0.29) is 24.1 Å². The summed E-state index contributed by atoms with van der Waals surface area (Å²) in [5.41, 5.74) is 2.14. The number of aromatic nitrogens is 2. The van der Waals surface area contributed by atoms with Crippen LogP contribution in [-0.4, -0.2) is 53.2 Å². The highest BCUT2D eigenvalue weighted by Crippen LogP contribution is 2.32. The molecule has 0 bridgehead atoms. The first-order valence-corrected chi connectivity index (χ1v) is 9.59. The fourth-order valence-corrected chi connectivity index (χ4v) is 3.67. The second-order valence-electron chi connectivity index (χ2n) is 6.64. The van der Waals surface area contributed by atoms with Gasteiger partial charge < -0.3 is 19.9 Å². The third-order valence-electron chi connectivity index (χ3n) is 4.69. The van der Waals surface area contributed by atoms with Crippen LogP contribution in [0.2, 0.25) is 0 Å². The number of nitrogens with one attached hydrogen (secondary N) is 1. The van der Waals surface area contributed by atoms with Crippen molar-refractivity contribution >= 4 is 39.0 Å².